The van der Waals surface area contributed by atoms with Crippen LogP contribution in [-0.2, 0) is 0 Å². The first-order valence-electron chi connectivity index (χ1n) is 10.3. The summed E-state index contributed by atoms with van der Waals surface area (Å²) in [6.45, 7) is 2.67. The van der Waals surface area contributed by atoms with Gasteiger partial charge in [-0.25, -0.2) is 9.97 Å². The van der Waals surface area contributed by atoms with Crippen LogP contribution in [0.15, 0.2) is 47.6 Å². The van der Waals surface area contributed by atoms with Crippen LogP contribution < -0.4 is 11.1 Å². The molecule has 0 atom stereocenters. The summed E-state index contributed by atoms with van der Waals surface area (Å²) in [5, 5.41) is 8.28. The minimum Gasteiger partial charge on any atom is -0.383 e. The number of amides is 1. The predicted octanol–water partition coefficient (Wildman–Crippen LogP) is 5.28. The van der Waals surface area contributed by atoms with Crippen molar-refractivity contribution < 1.29 is 4.79 Å². The van der Waals surface area contributed by atoms with Crippen molar-refractivity contribution in [3.8, 4) is 0 Å². The zero-order chi connectivity index (χ0) is 22.7. The van der Waals surface area contributed by atoms with E-state index in [0.717, 1.165) is 24.8 Å². The molecule has 4 rings (SSSR count). The summed E-state index contributed by atoms with van der Waals surface area (Å²) in [4.78, 5) is 22.3. The van der Waals surface area contributed by atoms with Gasteiger partial charge in [-0.1, -0.05) is 61.2 Å². The molecule has 164 valence electrons. The number of nitrogens with zero attached hydrogens (tertiary/aromatic N) is 4. The maximum absolute atomic E-state index is 13.0. The van der Waals surface area contributed by atoms with Crippen molar-refractivity contribution in [2.45, 2.75) is 26.2 Å². The van der Waals surface area contributed by atoms with Crippen molar-refractivity contribution in [1.82, 2.24) is 20.0 Å². The summed E-state index contributed by atoms with van der Waals surface area (Å²) in [5.41, 5.74) is 9.53. The van der Waals surface area contributed by atoms with E-state index in [1.54, 1.807) is 24.4 Å². The first-order valence-corrected chi connectivity index (χ1v) is 11.1. The predicted molar refractivity (Wildman–Crippen MR) is 131 cm³/mol. The number of hydrogen-bond donors (Lipinski definition) is 2. The van der Waals surface area contributed by atoms with Crippen molar-refractivity contribution in [3.63, 3.8) is 0 Å². The molecule has 2 heterocycles. The molecular formula is C23H22Cl2N6O. The van der Waals surface area contributed by atoms with Gasteiger partial charge in [0.2, 0.25) is 0 Å². The Balaban J connectivity index is 1.81. The summed E-state index contributed by atoms with van der Waals surface area (Å²) in [7, 11) is 0. The Labute approximate surface area is 195 Å². The van der Waals surface area contributed by atoms with Crippen LogP contribution in [0.25, 0.3) is 22.2 Å². The van der Waals surface area contributed by atoms with E-state index in [2.05, 4.69) is 27.3 Å². The summed E-state index contributed by atoms with van der Waals surface area (Å²) in [5.74, 6) is -0.128. The number of unbranched alkanes of at least 4 members (excludes halogenated alkanes) is 2. The number of benzene rings is 2. The Morgan fingerprint density at radius 1 is 1.12 bits per heavy atom. The number of hydrogen-bond acceptors (Lipinski definition) is 5. The van der Waals surface area contributed by atoms with Crippen LogP contribution in [0.1, 0.15) is 42.1 Å². The van der Waals surface area contributed by atoms with Gasteiger partial charge in [-0.3, -0.25) is 4.79 Å². The van der Waals surface area contributed by atoms with Gasteiger partial charge < -0.3 is 11.1 Å². The molecule has 0 aliphatic carbocycles. The fraction of sp³-hybridized carbons (Fsp3) is 0.217. The van der Waals surface area contributed by atoms with Gasteiger partial charge in [0.1, 0.15) is 16.9 Å². The molecule has 0 aliphatic heterocycles. The third kappa shape index (κ3) is 4.40. The number of para-hydroxylation sites is 2. The molecule has 3 N–H and O–H groups in total. The molecule has 2 aromatic heterocycles. The minimum absolute atomic E-state index is 0.166. The van der Waals surface area contributed by atoms with Crippen LogP contribution in [-0.4, -0.2) is 33.3 Å². The van der Waals surface area contributed by atoms with Crippen LogP contribution in [0.5, 0.6) is 0 Å². The fourth-order valence-corrected chi connectivity index (χ4v) is 3.68. The number of nitrogens with two attached hydrogens (primary N) is 1. The van der Waals surface area contributed by atoms with Gasteiger partial charge in [0.15, 0.2) is 5.65 Å². The molecule has 9 heteroatoms. The molecule has 0 radical (unpaired) electrons. The Bertz CT molecular complexity index is 1330. The average Bonchev–Trinajstić information content (AvgIpc) is 3.06. The van der Waals surface area contributed by atoms with Crippen LogP contribution >= 0.6 is 23.2 Å². The highest BCUT2D eigenvalue weighted by Crippen LogP contribution is 2.28. The second kappa shape index (κ2) is 9.54. The SMILES string of the molecule is CCCCCNC(=O)c1c(N)n(/N=C\c2ccc(Cl)c(Cl)c2)c2nc3ccccc3nc12. The Hall–Kier alpha value is -3.16. The Kier molecular flexibility index (Phi) is 6.58. The second-order valence-corrected chi connectivity index (χ2v) is 8.15. The molecule has 0 spiro atoms. The van der Waals surface area contributed by atoms with Crippen LogP contribution in [0.4, 0.5) is 5.82 Å². The summed E-state index contributed by atoms with van der Waals surface area (Å²) < 4.78 is 1.43. The topological polar surface area (TPSA) is 98.2 Å². The van der Waals surface area contributed by atoms with Crippen molar-refractivity contribution >= 4 is 63.3 Å². The zero-order valence-electron chi connectivity index (χ0n) is 17.5. The van der Waals surface area contributed by atoms with E-state index in [1.807, 2.05) is 24.3 Å². The van der Waals surface area contributed by atoms with Gasteiger partial charge in [-0.15, -0.1) is 0 Å². The van der Waals surface area contributed by atoms with Gasteiger partial charge in [0.25, 0.3) is 5.91 Å². The van der Waals surface area contributed by atoms with Gasteiger partial charge in [-0.05, 0) is 36.2 Å². The molecule has 0 unspecified atom stereocenters. The van der Waals surface area contributed by atoms with E-state index in [-0.39, 0.29) is 17.3 Å². The number of carbonyl (C=O) groups excluding carboxylic acids is 1. The van der Waals surface area contributed by atoms with Crippen molar-refractivity contribution in [2.24, 2.45) is 5.10 Å². The molecule has 0 bridgehead atoms. The largest absolute Gasteiger partial charge is 0.383 e. The molecule has 0 fully saturated rings. The van der Waals surface area contributed by atoms with Crippen molar-refractivity contribution in [1.29, 1.82) is 0 Å². The van der Waals surface area contributed by atoms with E-state index >= 15 is 0 Å². The first kappa shape index (κ1) is 22.0. The van der Waals surface area contributed by atoms with E-state index in [0.29, 0.717) is 38.8 Å². The Morgan fingerprint density at radius 2 is 1.88 bits per heavy atom. The van der Waals surface area contributed by atoms with Gasteiger partial charge >= 0.3 is 0 Å². The minimum atomic E-state index is -0.295. The molecular weight excluding hydrogens is 447 g/mol. The lowest BCUT2D eigenvalue weighted by Gasteiger charge is -2.05. The van der Waals surface area contributed by atoms with Crippen molar-refractivity contribution in [2.75, 3.05) is 12.3 Å². The molecule has 1 amide bonds. The lowest BCUT2D eigenvalue weighted by Crippen LogP contribution is -2.25. The van der Waals surface area contributed by atoms with Gasteiger partial charge in [0, 0.05) is 6.54 Å². The van der Waals surface area contributed by atoms with E-state index in [4.69, 9.17) is 28.9 Å². The maximum atomic E-state index is 13.0. The molecule has 0 saturated heterocycles. The smallest absolute Gasteiger partial charge is 0.257 e. The quantitative estimate of drug-likeness (QED) is 0.284. The molecule has 32 heavy (non-hydrogen) atoms. The number of nitrogens with one attached hydrogen (secondary N) is 1. The summed E-state index contributed by atoms with van der Waals surface area (Å²) in [6, 6.07) is 12.6. The highest BCUT2D eigenvalue weighted by molar-refractivity contribution is 6.42. The zero-order valence-corrected chi connectivity index (χ0v) is 19.0. The molecule has 0 aliphatic rings. The van der Waals surface area contributed by atoms with Gasteiger partial charge in [0.05, 0.1) is 27.3 Å². The van der Waals surface area contributed by atoms with Crippen molar-refractivity contribution in [3.05, 3.63) is 63.6 Å². The summed E-state index contributed by atoms with van der Waals surface area (Å²) >= 11 is 12.1. The maximum Gasteiger partial charge on any atom is 0.257 e. The van der Waals surface area contributed by atoms with Gasteiger partial charge in [-0.2, -0.15) is 9.78 Å². The number of anilines is 1. The number of rotatable bonds is 7. The third-order valence-electron chi connectivity index (χ3n) is 5.03. The first-order chi connectivity index (χ1) is 15.5. The molecule has 4 aromatic rings. The van der Waals surface area contributed by atoms with Crippen LogP contribution in [0, 0.1) is 0 Å². The van der Waals surface area contributed by atoms with Crippen LogP contribution in [0.3, 0.4) is 0 Å². The van der Waals surface area contributed by atoms with E-state index in [1.165, 1.54) is 4.68 Å². The lowest BCUT2D eigenvalue weighted by molar-refractivity contribution is 0.0955. The average molecular weight is 469 g/mol. The highest BCUT2D eigenvalue weighted by atomic mass is 35.5. The monoisotopic (exact) mass is 468 g/mol. The molecule has 0 saturated carbocycles. The third-order valence-corrected chi connectivity index (χ3v) is 5.77. The standard InChI is InChI=1S/C23H22Cl2N6O/c1-2-3-6-11-27-23(32)19-20-22(30-18-8-5-4-7-17(18)29-20)31(21(19)26)28-13-14-9-10-15(24)16(25)12-14/h4-5,7-10,12-13H,2-3,6,11,26H2,1H3,(H,27,32)/b28-13-. The van der Waals surface area contributed by atoms with E-state index < -0.39 is 0 Å². The second-order valence-electron chi connectivity index (χ2n) is 7.34. The number of carbonyl (C=O) groups is 1. The summed E-state index contributed by atoms with van der Waals surface area (Å²) in [6.07, 6.45) is 4.58. The lowest BCUT2D eigenvalue weighted by atomic mass is 10.2. The number of halogens is 2. The number of nitrogen functional groups attached to an aromatic ring is 1. The normalized spacial score (nSPS) is 11.6. The highest BCUT2D eigenvalue weighted by Gasteiger charge is 2.23. The number of aromatic nitrogens is 3. The molecule has 7 nitrogen and oxygen atoms in total. The fourth-order valence-electron chi connectivity index (χ4n) is 3.37. The van der Waals surface area contributed by atoms with Crippen LogP contribution in [0.2, 0.25) is 10.0 Å². The van der Waals surface area contributed by atoms with E-state index in [9.17, 15) is 4.79 Å². The number of fused-ring (bicyclic) bond motifs is 2. The molecule has 2 aromatic carbocycles. The Morgan fingerprint density at radius 3 is 2.59 bits per heavy atom.